The van der Waals surface area contributed by atoms with Crippen molar-refractivity contribution in [2.45, 2.75) is 13.0 Å². The third-order valence-corrected chi connectivity index (χ3v) is 5.43. The van der Waals surface area contributed by atoms with Crippen LogP contribution < -0.4 is 19.9 Å². The Bertz CT molecular complexity index is 819. The van der Waals surface area contributed by atoms with Crippen molar-refractivity contribution in [3.8, 4) is 5.75 Å². The SMILES string of the molecule is O=C(C[NH+]1CC[NH+](Cc2ccc3c(c2)CCO3)CC1)Nc1ccccc1F. The number of fused-ring (bicyclic) bond motifs is 1. The van der Waals surface area contributed by atoms with Gasteiger partial charge in [0.2, 0.25) is 0 Å². The molecule has 0 spiro atoms. The second-order valence-corrected chi connectivity index (χ2v) is 7.42. The maximum atomic E-state index is 13.6. The molecule has 0 aromatic heterocycles. The second kappa shape index (κ2) is 8.06. The number of carbonyl (C=O) groups is 1. The van der Waals surface area contributed by atoms with Gasteiger partial charge in [-0.1, -0.05) is 12.1 Å². The van der Waals surface area contributed by atoms with Crippen molar-refractivity contribution in [2.24, 2.45) is 0 Å². The van der Waals surface area contributed by atoms with Crippen LogP contribution in [0.25, 0.3) is 0 Å². The zero-order valence-corrected chi connectivity index (χ0v) is 15.4. The highest BCUT2D eigenvalue weighted by Crippen LogP contribution is 2.25. The average molecular weight is 371 g/mol. The van der Waals surface area contributed by atoms with Crippen molar-refractivity contribution in [3.63, 3.8) is 0 Å². The number of rotatable bonds is 5. The van der Waals surface area contributed by atoms with E-state index in [1.54, 1.807) is 23.1 Å². The zero-order valence-electron chi connectivity index (χ0n) is 15.4. The summed E-state index contributed by atoms with van der Waals surface area (Å²) in [5.41, 5.74) is 2.93. The third kappa shape index (κ3) is 4.46. The van der Waals surface area contributed by atoms with Gasteiger partial charge in [0.05, 0.1) is 12.3 Å². The van der Waals surface area contributed by atoms with Gasteiger partial charge in [0, 0.05) is 12.0 Å². The molecule has 2 heterocycles. The number of benzene rings is 2. The highest BCUT2D eigenvalue weighted by Gasteiger charge is 2.25. The fourth-order valence-corrected chi connectivity index (χ4v) is 3.93. The largest absolute Gasteiger partial charge is 0.493 e. The van der Waals surface area contributed by atoms with Crippen LogP contribution in [-0.2, 0) is 17.8 Å². The third-order valence-electron chi connectivity index (χ3n) is 5.43. The number of nitrogens with one attached hydrogen (secondary N) is 3. The van der Waals surface area contributed by atoms with E-state index in [1.807, 2.05) is 0 Å². The lowest BCUT2D eigenvalue weighted by atomic mass is 10.1. The highest BCUT2D eigenvalue weighted by atomic mass is 19.1. The molecule has 142 valence electrons. The molecule has 0 aliphatic carbocycles. The first-order chi connectivity index (χ1) is 13.2. The molecule has 1 amide bonds. The lowest BCUT2D eigenvalue weighted by Gasteiger charge is -2.29. The van der Waals surface area contributed by atoms with Crippen molar-refractivity contribution in [2.75, 3.05) is 44.6 Å². The Morgan fingerprint density at radius 1 is 1.07 bits per heavy atom. The van der Waals surface area contributed by atoms with Gasteiger partial charge in [-0.3, -0.25) is 4.79 Å². The lowest BCUT2D eigenvalue weighted by molar-refractivity contribution is -1.02. The summed E-state index contributed by atoms with van der Waals surface area (Å²) in [5.74, 6) is 0.510. The minimum atomic E-state index is -0.394. The first-order valence-corrected chi connectivity index (χ1v) is 9.63. The smallest absolute Gasteiger partial charge is 0.279 e. The number of hydrogen-bond donors (Lipinski definition) is 3. The summed E-state index contributed by atoms with van der Waals surface area (Å²) in [7, 11) is 0. The van der Waals surface area contributed by atoms with E-state index in [4.69, 9.17) is 4.74 Å². The fraction of sp³-hybridized carbons (Fsp3) is 0.381. The van der Waals surface area contributed by atoms with Crippen LogP contribution in [0.15, 0.2) is 42.5 Å². The minimum absolute atomic E-state index is 0.128. The van der Waals surface area contributed by atoms with Crippen molar-refractivity contribution >= 4 is 11.6 Å². The van der Waals surface area contributed by atoms with Crippen LogP contribution in [-0.4, -0.2) is 45.2 Å². The Labute approximate surface area is 158 Å². The predicted molar refractivity (Wildman–Crippen MR) is 101 cm³/mol. The van der Waals surface area contributed by atoms with Crippen molar-refractivity contribution in [1.82, 2.24) is 0 Å². The zero-order chi connectivity index (χ0) is 18.6. The molecule has 0 bridgehead atoms. The summed E-state index contributed by atoms with van der Waals surface area (Å²) in [6.45, 7) is 6.18. The molecule has 0 saturated carbocycles. The number of anilines is 1. The molecule has 6 heteroatoms. The standard InChI is InChI=1S/C21H24FN3O2/c22-18-3-1-2-4-19(18)23-21(26)15-25-10-8-24(9-11-25)14-16-5-6-20-17(13-16)7-12-27-20/h1-6,13H,7-12,14-15H2,(H,23,26)/p+2. The van der Waals surface area contributed by atoms with Gasteiger partial charge >= 0.3 is 0 Å². The van der Waals surface area contributed by atoms with Crippen LogP contribution >= 0.6 is 0 Å². The number of halogens is 1. The van der Waals surface area contributed by atoms with E-state index in [0.29, 0.717) is 6.54 Å². The van der Waals surface area contributed by atoms with E-state index >= 15 is 0 Å². The van der Waals surface area contributed by atoms with Gasteiger partial charge in [0.1, 0.15) is 44.3 Å². The topological polar surface area (TPSA) is 47.2 Å². The molecule has 27 heavy (non-hydrogen) atoms. The first-order valence-electron chi connectivity index (χ1n) is 9.63. The monoisotopic (exact) mass is 371 g/mol. The molecule has 0 atom stereocenters. The van der Waals surface area contributed by atoms with Gasteiger partial charge in [0.25, 0.3) is 5.91 Å². The Morgan fingerprint density at radius 3 is 2.67 bits per heavy atom. The van der Waals surface area contributed by atoms with Gasteiger partial charge in [-0.2, -0.15) is 0 Å². The molecule has 0 unspecified atom stereocenters. The molecule has 1 saturated heterocycles. The summed E-state index contributed by atoms with van der Waals surface area (Å²) in [6.07, 6.45) is 1.01. The van der Waals surface area contributed by atoms with Crippen LogP contribution in [0.1, 0.15) is 11.1 Å². The van der Waals surface area contributed by atoms with Crippen LogP contribution in [0.2, 0.25) is 0 Å². The highest BCUT2D eigenvalue weighted by molar-refractivity contribution is 5.91. The normalized spacial score (nSPS) is 21.4. The van der Waals surface area contributed by atoms with Gasteiger partial charge in [-0.25, -0.2) is 4.39 Å². The molecule has 2 aromatic rings. The van der Waals surface area contributed by atoms with Gasteiger partial charge < -0.3 is 19.9 Å². The number of amides is 1. The molecule has 2 aliphatic rings. The first kappa shape index (κ1) is 17.9. The van der Waals surface area contributed by atoms with E-state index in [-0.39, 0.29) is 11.6 Å². The summed E-state index contributed by atoms with van der Waals surface area (Å²) in [5, 5.41) is 2.68. The van der Waals surface area contributed by atoms with E-state index in [2.05, 4.69) is 23.5 Å². The lowest BCUT2D eigenvalue weighted by Crippen LogP contribution is -3.28. The number of carbonyl (C=O) groups excluding carboxylic acids is 1. The molecule has 2 aliphatic heterocycles. The average Bonchev–Trinajstić information content (AvgIpc) is 3.13. The summed E-state index contributed by atoms with van der Waals surface area (Å²) in [4.78, 5) is 15.0. The van der Waals surface area contributed by atoms with Crippen LogP contribution in [0.3, 0.4) is 0 Å². The number of hydrogen-bond acceptors (Lipinski definition) is 2. The van der Waals surface area contributed by atoms with Crippen molar-refractivity contribution < 1.29 is 23.7 Å². The molecule has 2 aromatic carbocycles. The molecule has 1 fully saturated rings. The number of ether oxygens (including phenoxy) is 1. The Morgan fingerprint density at radius 2 is 1.85 bits per heavy atom. The van der Waals surface area contributed by atoms with Crippen LogP contribution in [0.5, 0.6) is 5.75 Å². The quantitative estimate of drug-likeness (QED) is 0.675. The summed E-state index contributed by atoms with van der Waals surface area (Å²) >= 11 is 0. The summed E-state index contributed by atoms with van der Waals surface area (Å²) in [6, 6.07) is 12.8. The predicted octanol–water partition coefficient (Wildman–Crippen LogP) is -0.317. The maximum Gasteiger partial charge on any atom is 0.279 e. The Hall–Kier alpha value is -2.44. The molecule has 3 N–H and O–H groups in total. The Kier molecular flexibility index (Phi) is 5.36. The molecular formula is C21H26FN3O2+2. The van der Waals surface area contributed by atoms with Gasteiger partial charge in [-0.05, 0) is 35.9 Å². The van der Waals surface area contributed by atoms with Crippen molar-refractivity contribution in [1.29, 1.82) is 0 Å². The van der Waals surface area contributed by atoms with Gasteiger partial charge in [-0.15, -0.1) is 0 Å². The molecular weight excluding hydrogens is 345 g/mol. The van der Waals surface area contributed by atoms with E-state index in [0.717, 1.165) is 51.5 Å². The van der Waals surface area contributed by atoms with Gasteiger partial charge in [0.15, 0.2) is 6.54 Å². The molecule has 4 rings (SSSR count). The van der Waals surface area contributed by atoms with E-state index in [1.165, 1.54) is 22.1 Å². The minimum Gasteiger partial charge on any atom is -0.493 e. The number of piperazine rings is 1. The fourth-order valence-electron chi connectivity index (χ4n) is 3.93. The van der Waals surface area contributed by atoms with Crippen LogP contribution in [0, 0.1) is 5.82 Å². The van der Waals surface area contributed by atoms with Crippen LogP contribution in [0.4, 0.5) is 10.1 Å². The Balaban J connectivity index is 1.24. The summed E-state index contributed by atoms with van der Waals surface area (Å²) < 4.78 is 19.2. The molecule has 0 radical (unpaired) electrons. The van der Waals surface area contributed by atoms with Crippen molar-refractivity contribution in [3.05, 3.63) is 59.4 Å². The molecule has 5 nitrogen and oxygen atoms in total. The number of para-hydroxylation sites is 1. The maximum absolute atomic E-state index is 13.6. The number of quaternary nitrogens is 2. The second-order valence-electron chi connectivity index (χ2n) is 7.42. The van der Waals surface area contributed by atoms with E-state index < -0.39 is 5.82 Å². The van der Waals surface area contributed by atoms with E-state index in [9.17, 15) is 9.18 Å².